The molecule has 0 saturated carbocycles. The summed E-state index contributed by atoms with van der Waals surface area (Å²) in [5.41, 5.74) is 0.723. The van der Waals surface area contributed by atoms with Gasteiger partial charge in [-0.05, 0) is 44.2 Å². The first-order chi connectivity index (χ1) is 13.5. The number of benzene rings is 1. The predicted octanol–water partition coefficient (Wildman–Crippen LogP) is 3.65. The summed E-state index contributed by atoms with van der Waals surface area (Å²) in [5.74, 6) is 0.648. The van der Waals surface area contributed by atoms with E-state index in [9.17, 15) is 9.59 Å². The highest BCUT2D eigenvalue weighted by Gasteiger charge is 2.13. The number of ether oxygens (including phenoxy) is 2. The van der Waals surface area contributed by atoms with Gasteiger partial charge in [0.15, 0.2) is 5.16 Å². The van der Waals surface area contributed by atoms with Crippen LogP contribution in [0.5, 0.6) is 11.5 Å². The quantitative estimate of drug-likeness (QED) is 0.338. The normalized spacial score (nSPS) is 10.5. The molecule has 0 fully saturated rings. The fourth-order valence-electron chi connectivity index (χ4n) is 2.23. The zero-order valence-electron chi connectivity index (χ0n) is 15.4. The van der Waals surface area contributed by atoms with Crippen LogP contribution in [0.2, 0.25) is 0 Å². The van der Waals surface area contributed by atoms with Crippen LogP contribution < -0.4 is 14.9 Å². The van der Waals surface area contributed by atoms with Crippen LogP contribution in [0.15, 0.2) is 63.2 Å². The van der Waals surface area contributed by atoms with E-state index in [1.807, 2.05) is 13.8 Å². The fraction of sp³-hybridized carbons (Fsp3) is 0.200. The van der Waals surface area contributed by atoms with Crippen LogP contribution in [-0.2, 0) is 5.75 Å². The van der Waals surface area contributed by atoms with Crippen LogP contribution in [0.4, 0.5) is 0 Å². The summed E-state index contributed by atoms with van der Waals surface area (Å²) in [4.78, 5) is 32.8. The summed E-state index contributed by atoms with van der Waals surface area (Å²) in [6.45, 7) is 4.28. The second-order valence-corrected chi connectivity index (χ2v) is 6.63. The van der Waals surface area contributed by atoms with E-state index in [1.54, 1.807) is 36.5 Å². The molecule has 0 unspecified atom stereocenters. The Morgan fingerprint density at radius 2 is 2.00 bits per heavy atom. The van der Waals surface area contributed by atoms with Crippen molar-refractivity contribution in [3.05, 3.63) is 76.1 Å². The van der Waals surface area contributed by atoms with Crippen molar-refractivity contribution in [1.29, 1.82) is 0 Å². The molecular weight excluding hydrogens is 380 g/mol. The Bertz CT molecular complexity index is 1020. The van der Waals surface area contributed by atoms with Crippen LogP contribution in [0, 0.1) is 6.92 Å². The zero-order chi connectivity index (χ0) is 19.9. The number of aryl methyl sites for hydroxylation is 1. The average Bonchev–Trinajstić information content (AvgIpc) is 2.69. The van der Waals surface area contributed by atoms with Crippen LogP contribution in [0.25, 0.3) is 0 Å². The van der Waals surface area contributed by atoms with Crippen molar-refractivity contribution in [3.63, 3.8) is 0 Å². The third-order valence-corrected chi connectivity index (χ3v) is 4.46. The lowest BCUT2D eigenvalue weighted by molar-refractivity contribution is 0.0729. The van der Waals surface area contributed by atoms with Gasteiger partial charge in [-0.15, -0.1) is 0 Å². The number of carbonyl (C=O) groups excluding carboxylic acids is 1. The molecule has 7 nitrogen and oxygen atoms in total. The van der Waals surface area contributed by atoms with E-state index < -0.39 is 11.4 Å². The van der Waals surface area contributed by atoms with Gasteiger partial charge in [0, 0.05) is 18.0 Å². The average molecular weight is 398 g/mol. The SMILES string of the molecule is CCOc1ccc(C(=O)Oc2coc(CSc3nccc(C)n3)cc2=O)cc1. The number of hydrogen-bond donors (Lipinski definition) is 0. The Labute approximate surface area is 165 Å². The largest absolute Gasteiger partial charge is 0.494 e. The summed E-state index contributed by atoms with van der Waals surface area (Å²) in [5, 5.41) is 0.591. The van der Waals surface area contributed by atoms with Crippen molar-refractivity contribution in [2.24, 2.45) is 0 Å². The van der Waals surface area contributed by atoms with Gasteiger partial charge < -0.3 is 13.9 Å². The summed E-state index contributed by atoms with van der Waals surface area (Å²) in [7, 11) is 0. The Hall–Kier alpha value is -3.13. The molecule has 1 aromatic carbocycles. The Balaban J connectivity index is 1.63. The summed E-state index contributed by atoms with van der Waals surface area (Å²) < 4.78 is 15.9. The molecular formula is C20H18N2O5S. The van der Waals surface area contributed by atoms with Crippen molar-refractivity contribution in [2.75, 3.05) is 6.61 Å². The highest BCUT2D eigenvalue weighted by molar-refractivity contribution is 7.98. The van der Waals surface area contributed by atoms with E-state index >= 15 is 0 Å². The third kappa shape index (κ3) is 5.20. The maximum absolute atomic E-state index is 12.2. The predicted molar refractivity (Wildman–Crippen MR) is 104 cm³/mol. The molecule has 8 heteroatoms. The van der Waals surface area contributed by atoms with Gasteiger partial charge in [0.25, 0.3) is 0 Å². The molecule has 2 heterocycles. The number of aromatic nitrogens is 2. The van der Waals surface area contributed by atoms with Crippen molar-refractivity contribution in [3.8, 4) is 11.5 Å². The summed E-state index contributed by atoms with van der Waals surface area (Å²) in [6, 6.07) is 9.57. The number of hydrogen-bond acceptors (Lipinski definition) is 8. The number of rotatable bonds is 7. The number of esters is 1. The second-order valence-electron chi connectivity index (χ2n) is 5.69. The maximum Gasteiger partial charge on any atom is 0.343 e. The molecule has 0 radical (unpaired) electrons. The van der Waals surface area contributed by atoms with E-state index in [1.165, 1.54) is 17.8 Å². The molecule has 0 N–H and O–H groups in total. The van der Waals surface area contributed by atoms with Crippen LogP contribution in [-0.4, -0.2) is 22.5 Å². The van der Waals surface area contributed by atoms with Crippen molar-refractivity contribution in [1.82, 2.24) is 9.97 Å². The zero-order valence-corrected chi connectivity index (χ0v) is 16.2. The monoisotopic (exact) mass is 398 g/mol. The van der Waals surface area contributed by atoms with Crippen molar-refractivity contribution < 1.29 is 18.7 Å². The van der Waals surface area contributed by atoms with E-state index in [2.05, 4.69) is 9.97 Å². The van der Waals surface area contributed by atoms with Gasteiger partial charge >= 0.3 is 5.97 Å². The number of nitrogens with zero attached hydrogens (tertiary/aromatic N) is 2. The molecule has 28 heavy (non-hydrogen) atoms. The lowest BCUT2D eigenvalue weighted by Crippen LogP contribution is -2.14. The highest BCUT2D eigenvalue weighted by atomic mass is 32.2. The topological polar surface area (TPSA) is 91.5 Å². The molecule has 0 saturated heterocycles. The van der Waals surface area contributed by atoms with Crippen molar-refractivity contribution in [2.45, 2.75) is 24.8 Å². The number of carbonyl (C=O) groups is 1. The van der Waals surface area contributed by atoms with Gasteiger partial charge in [-0.1, -0.05) is 11.8 Å². The van der Waals surface area contributed by atoms with Gasteiger partial charge in [0.05, 0.1) is 17.9 Å². The third-order valence-electron chi connectivity index (χ3n) is 3.57. The van der Waals surface area contributed by atoms with Crippen LogP contribution in [0.1, 0.15) is 28.7 Å². The molecule has 0 aliphatic heterocycles. The first-order valence-corrected chi connectivity index (χ1v) is 9.53. The maximum atomic E-state index is 12.2. The van der Waals surface area contributed by atoms with Gasteiger partial charge in [-0.25, -0.2) is 14.8 Å². The Morgan fingerprint density at radius 1 is 1.21 bits per heavy atom. The first kappa shape index (κ1) is 19.6. The van der Waals surface area contributed by atoms with E-state index in [0.717, 1.165) is 12.0 Å². The van der Waals surface area contributed by atoms with Gasteiger partial charge in [0.1, 0.15) is 17.8 Å². The minimum Gasteiger partial charge on any atom is -0.494 e. The molecule has 0 atom stereocenters. The molecule has 3 rings (SSSR count). The van der Waals surface area contributed by atoms with E-state index in [0.29, 0.717) is 34.6 Å². The molecule has 3 aromatic rings. The van der Waals surface area contributed by atoms with Gasteiger partial charge in [-0.2, -0.15) is 0 Å². The molecule has 0 aliphatic rings. The number of thioether (sulfide) groups is 1. The van der Waals surface area contributed by atoms with E-state index in [4.69, 9.17) is 13.9 Å². The smallest absolute Gasteiger partial charge is 0.343 e. The van der Waals surface area contributed by atoms with Gasteiger partial charge in [-0.3, -0.25) is 4.79 Å². The summed E-state index contributed by atoms with van der Waals surface area (Å²) >= 11 is 1.34. The van der Waals surface area contributed by atoms with Crippen LogP contribution >= 0.6 is 11.8 Å². The molecule has 0 bridgehead atoms. The first-order valence-electron chi connectivity index (χ1n) is 8.54. The lowest BCUT2D eigenvalue weighted by Gasteiger charge is -2.06. The summed E-state index contributed by atoms with van der Waals surface area (Å²) in [6.07, 6.45) is 2.81. The highest BCUT2D eigenvalue weighted by Crippen LogP contribution is 2.20. The minimum atomic E-state index is -0.648. The second kappa shape index (κ2) is 9.18. The molecule has 2 aromatic heterocycles. The van der Waals surface area contributed by atoms with Crippen LogP contribution in [0.3, 0.4) is 0 Å². The minimum absolute atomic E-state index is 0.167. The lowest BCUT2D eigenvalue weighted by atomic mass is 10.2. The molecule has 0 spiro atoms. The molecule has 0 aliphatic carbocycles. The Morgan fingerprint density at radius 3 is 2.68 bits per heavy atom. The molecule has 0 amide bonds. The molecule has 144 valence electrons. The fourth-order valence-corrected chi connectivity index (χ4v) is 3.00. The standard InChI is InChI=1S/C20H18N2O5S/c1-3-25-15-6-4-14(5-7-15)19(24)27-18-11-26-16(10-17(18)23)12-28-20-21-9-8-13(2)22-20/h4-11H,3,12H2,1-2H3. The van der Waals surface area contributed by atoms with Crippen molar-refractivity contribution >= 4 is 17.7 Å². The Kier molecular flexibility index (Phi) is 6.44. The van der Waals surface area contributed by atoms with Gasteiger partial charge in [0.2, 0.25) is 11.2 Å². The van der Waals surface area contributed by atoms with E-state index in [-0.39, 0.29) is 5.75 Å².